The van der Waals surface area contributed by atoms with Gasteiger partial charge in [-0.2, -0.15) is 5.10 Å². The Bertz CT molecular complexity index is 463. The van der Waals surface area contributed by atoms with Crippen LogP contribution in [-0.4, -0.2) is 23.5 Å². The van der Waals surface area contributed by atoms with Crippen LogP contribution >= 0.6 is 0 Å². The molecule has 0 saturated heterocycles. The molecule has 0 aliphatic carbocycles. The van der Waals surface area contributed by atoms with E-state index < -0.39 is 0 Å². The summed E-state index contributed by atoms with van der Waals surface area (Å²) in [4.78, 5) is 0. The van der Waals surface area contributed by atoms with Crippen molar-refractivity contribution in [3.8, 4) is 11.5 Å². The van der Waals surface area contributed by atoms with E-state index in [1.165, 1.54) is 5.56 Å². The summed E-state index contributed by atoms with van der Waals surface area (Å²) in [5.41, 5.74) is 1.23. The van der Waals surface area contributed by atoms with Crippen molar-refractivity contribution in [3.05, 3.63) is 42.2 Å². The average molecular weight is 232 g/mol. The third kappa shape index (κ3) is 3.24. The maximum Gasteiger partial charge on any atom is 0.157 e. The summed E-state index contributed by atoms with van der Waals surface area (Å²) in [5.74, 6) is 1.68. The van der Waals surface area contributed by atoms with Crippen molar-refractivity contribution in [2.75, 3.05) is 13.7 Å². The molecule has 0 radical (unpaired) electrons. The lowest BCUT2D eigenvalue weighted by atomic mass is 10.1. The van der Waals surface area contributed by atoms with Gasteiger partial charge < -0.3 is 9.47 Å². The molecule has 0 aliphatic heterocycles. The van der Waals surface area contributed by atoms with Crippen LogP contribution in [0.4, 0.5) is 0 Å². The summed E-state index contributed by atoms with van der Waals surface area (Å²) in [6.45, 7) is 0.651. The van der Waals surface area contributed by atoms with E-state index in [1.807, 2.05) is 37.5 Å². The van der Waals surface area contributed by atoms with Gasteiger partial charge in [0.25, 0.3) is 0 Å². The third-order valence-corrected chi connectivity index (χ3v) is 2.50. The molecule has 0 unspecified atom stereocenters. The van der Waals surface area contributed by atoms with Crippen LogP contribution in [0.2, 0.25) is 0 Å². The topological polar surface area (TPSA) is 36.3 Å². The number of ether oxygens (including phenoxy) is 2. The molecular formula is C13H16N2O2. The van der Waals surface area contributed by atoms with E-state index in [9.17, 15) is 0 Å². The average Bonchev–Trinajstić information content (AvgIpc) is 2.76. The van der Waals surface area contributed by atoms with Crippen molar-refractivity contribution < 1.29 is 9.47 Å². The fourth-order valence-electron chi connectivity index (χ4n) is 1.55. The Hall–Kier alpha value is -1.97. The van der Waals surface area contributed by atoms with Crippen molar-refractivity contribution in [2.45, 2.75) is 6.42 Å². The highest BCUT2D eigenvalue weighted by Gasteiger charge is 1.98. The molecule has 0 aliphatic rings. The Balaban J connectivity index is 1.81. The maximum absolute atomic E-state index is 5.57. The van der Waals surface area contributed by atoms with Gasteiger partial charge >= 0.3 is 0 Å². The summed E-state index contributed by atoms with van der Waals surface area (Å²) in [7, 11) is 3.54. The largest absolute Gasteiger partial charge is 0.497 e. The van der Waals surface area contributed by atoms with Crippen LogP contribution in [0.1, 0.15) is 5.56 Å². The number of benzene rings is 1. The fourth-order valence-corrected chi connectivity index (χ4v) is 1.55. The summed E-state index contributed by atoms with van der Waals surface area (Å²) in [6.07, 6.45) is 4.45. The molecule has 1 aromatic heterocycles. The predicted molar refractivity (Wildman–Crippen MR) is 65.4 cm³/mol. The second kappa shape index (κ2) is 5.39. The molecule has 1 heterocycles. The first-order valence-electron chi connectivity index (χ1n) is 5.52. The van der Waals surface area contributed by atoms with Gasteiger partial charge in [0.2, 0.25) is 0 Å². The number of rotatable bonds is 5. The van der Waals surface area contributed by atoms with Gasteiger partial charge in [0, 0.05) is 13.5 Å². The molecule has 4 nitrogen and oxygen atoms in total. The Morgan fingerprint density at radius 3 is 2.53 bits per heavy atom. The Kier molecular flexibility index (Phi) is 3.65. The maximum atomic E-state index is 5.57. The molecule has 0 fully saturated rings. The number of nitrogens with zero attached hydrogens (tertiary/aromatic N) is 2. The van der Waals surface area contributed by atoms with Crippen molar-refractivity contribution in [1.82, 2.24) is 9.78 Å². The van der Waals surface area contributed by atoms with Gasteiger partial charge in [-0.1, -0.05) is 12.1 Å². The SMILES string of the molecule is COc1ccc(CCOc2cnn(C)c2)cc1. The van der Waals surface area contributed by atoms with Gasteiger partial charge in [-0.25, -0.2) is 0 Å². The molecular weight excluding hydrogens is 216 g/mol. The smallest absolute Gasteiger partial charge is 0.157 e. The minimum absolute atomic E-state index is 0.651. The van der Waals surface area contributed by atoms with Crippen LogP contribution in [0.15, 0.2) is 36.7 Å². The molecule has 4 heteroatoms. The molecule has 90 valence electrons. The zero-order valence-electron chi connectivity index (χ0n) is 10.1. The highest BCUT2D eigenvalue weighted by Crippen LogP contribution is 2.12. The first kappa shape index (κ1) is 11.5. The van der Waals surface area contributed by atoms with Crippen LogP contribution in [0.3, 0.4) is 0 Å². The minimum Gasteiger partial charge on any atom is -0.497 e. The Morgan fingerprint density at radius 2 is 1.94 bits per heavy atom. The predicted octanol–water partition coefficient (Wildman–Crippen LogP) is 2.05. The van der Waals surface area contributed by atoms with Crippen molar-refractivity contribution >= 4 is 0 Å². The number of aryl methyl sites for hydroxylation is 1. The zero-order valence-corrected chi connectivity index (χ0v) is 10.1. The molecule has 0 atom stereocenters. The summed E-state index contributed by atoms with van der Waals surface area (Å²) < 4.78 is 12.4. The van der Waals surface area contributed by atoms with Crippen LogP contribution < -0.4 is 9.47 Å². The molecule has 0 N–H and O–H groups in total. The standard InChI is InChI=1S/C13H16N2O2/c1-15-10-13(9-14-15)17-8-7-11-3-5-12(16-2)6-4-11/h3-6,9-10H,7-8H2,1-2H3. The molecule has 0 bridgehead atoms. The first-order valence-corrected chi connectivity index (χ1v) is 5.52. The highest BCUT2D eigenvalue weighted by atomic mass is 16.5. The highest BCUT2D eigenvalue weighted by molar-refractivity contribution is 5.27. The lowest BCUT2D eigenvalue weighted by molar-refractivity contribution is 0.321. The van der Waals surface area contributed by atoms with E-state index in [-0.39, 0.29) is 0 Å². The van der Waals surface area contributed by atoms with Crippen molar-refractivity contribution in [3.63, 3.8) is 0 Å². The summed E-state index contributed by atoms with van der Waals surface area (Å²) >= 11 is 0. The van der Waals surface area contributed by atoms with E-state index >= 15 is 0 Å². The molecule has 17 heavy (non-hydrogen) atoms. The van der Waals surface area contributed by atoms with E-state index in [0.29, 0.717) is 6.61 Å². The molecule has 2 rings (SSSR count). The number of aromatic nitrogens is 2. The van der Waals surface area contributed by atoms with Gasteiger partial charge in [-0.05, 0) is 17.7 Å². The lowest BCUT2D eigenvalue weighted by Gasteiger charge is -2.04. The third-order valence-electron chi connectivity index (χ3n) is 2.50. The quantitative estimate of drug-likeness (QED) is 0.791. The minimum atomic E-state index is 0.651. The number of hydrogen-bond donors (Lipinski definition) is 0. The van der Waals surface area contributed by atoms with Gasteiger partial charge in [-0.15, -0.1) is 0 Å². The molecule has 0 spiro atoms. The van der Waals surface area contributed by atoms with E-state index in [0.717, 1.165) is 17.9 Å². The van der Waals surface area contributed by atoms with Crippen LogP contribution in [0.25, 0.3) is 0 Å². The molecule has 2 aromatic rings. The zero-order chi connectivity index (χ0) is 12.1. The van der Waals surface area contributed by atoms with E-state index in [4.69, 9.17) is 9.47 Å². The van der Waals surface area contributed by atoms with Crippen LogP contribution in [0.5, 0.6) is 11.5 Å². The number of hydrogen-bond acceptors (Lipinski definition) is 3. The lowest BCUT2D eigenvalue weighted by Crippen LogP contribution is -2.00. The number of methoxy groups -OCH3 is 1. The summed E-state index contributed by atoms with van der Waals surface area (Å²) in [6, 6.07) is 8.01. The van der Waals surface area contributed by atoms with Gasteiger partial charge in [0.1, 0.15) is 5.75 Å². The van der Waals surface area contributed by atoms with Gasteiger partial charge in [0.05, 0.1) is 26.1 Å². The molecule has 0 saturated carbocycles. The van der Waals surface area contributed by atoms with E-state index in [2.05, 4.69) is 5.10 Å². The first-order chi connectivity index (χ1) is 8.28. The Morgan fingerprint density at radius 1 is 1.18 bits per heavy atom. The second-order valence-electron chi connectivity index (χ2n) is 3.80. The van der Waals surface area contributed by atoms with Crippen molar-refractivity contribution in [1.29, 1.82) is 0 Å². The second-order valence-corrected chi connectivity index (χ2v) is 3.80. The van der Waals surface area contributed by atoms with Crippen LogP contribution in [-0.2, 0) is 13.5 Å². The molecule has 0 amide bonds. The van der Waals surface area contributed by atoms with Crippen molar-refractivity contribution in [2.24, 2.45) is 7.05 Å². The van der Waals surface area contributed by atoms with Gasteiger partial charge in [-0.3, -0.25) is 4.68 Å². The van der Waals surface area contributed by atoms with Crippen LogP contribution in [0, 0.1) is 0 Å². The fraction of sp³-hybridized carbons (Fsp3) is 0.308. The van der Waals surface area contributed by atoms with Gasteiger partial charge in [0.15, 0.2) is 5.75 Å². The monoisotopic (exact) mass is 232 g/mol. The van der Waals surface area contributed by atoms with E-state index in [1.54, 1.807) is 18.0 Å². The normalized spacial score (nSPS) is 10.2. The Labute approximate surface area is 101 Å². The summed E-state index contributed by atoms with van der Waals surface area (Å²) in [5, 5.41) is 4.04. The molecule has 1 aromatic carbocycles.